The van der Waals surface area contributed by atoms with Crippen molar-refractivity contribution >= 4 is 17.4 Å². The van der Waals surface area contributed by atoms with Gasteiger partial charge < -0.3 is 10.1 Å². The molecule has 2 rings (SSSR count). The van der Waals surface area contributed by atoms with Gasteiger partial charge in [-0.3, -0.25) is 9.48 Å². The Morgan fingerprint density at radius 3 is 2.89 bits per heavy atom. The zero-order valence-electron chi connectivity index (χ0n) is 11.6. The lowest BCUT2D eigenvalue weighted by atomic mass is 9.95. The molecule has 2 atom stereocenters. The molecule has 2 heterocycles. The van der Waals surface area contributed by atoms with Crippen molar-refractivity contribution in [2.24, 2.45) is 13.0 Å². The van der Waals surface area contributed by atoms with Gasteiger partial charge in [-0.1, -0.05) is 18.5 Å². The maximum absolute atomic E-state index is 12.4. The number of hydrogen-bond acceptors (Lipinski definition) is 4. The number of nitrogens with zero attached hydrogens (tertiary/aromatic N) is 2. The first kappa shape index (κ1) is 14.5. The van der Waals surface area contributed by atoms with E-state index in [1.54, 1.807) is 4.68 Å². The van der Waals surface area contributed by atoms with E-state index in [9.17, 15) is 4.79 Å². The van der Waals surface area contributed by atoms with Crippen molar-refractivity contribution in [2.45, 2.75) is 26.3 Å². The lowest BCUT2D eigenvalue weighted by Gasteiger charge is -2.17. The average molecular weight is 286 g/mol. The summed E-state index contributed by atoms with van der Waals surface area (Å²) < 4.78 is 7.10. The van der Waals surface area contributed by atoms with Crippen LogP contribution in [0.4, 0.5) is 0 Å². The molecule has 1 aromatic heterocycles. The van der Waals surface area contributed by atoms with Crippen LogP contribution in [0.5, 0.6) is 0 Å². The van der Waals surface area contributed by atoms with Crippen LogP contribution in [-0.4, -0.2) is 41.4 Å². The van der Waals surface area contributed by atoms with Gasteiger partial charge in [-0.15, -0.1) is 0 Å². The number of likely N-dealkylation sites (N-methyl/N-ethyl adjacent to an activating group) is 1. The van der Waals surface area contributed by atoms with Gasteiger partial charge in [-0.05, 0) is 13.5 Å². The SMILES string of the molecule is CCNC1COCC1C(=O)Cc1c(Cl)c(C)nn1C. The molecule has 1 aromatic rings. The molecule has 19 heavy (non-hydrogen) atoms. The van der Waals surface area contributed by atoms with E-state index in [2.05, 4.69) is 10.4 Å². The van der Waals surface area contributed by atoms with Crippen molar-refractivity contribution in [1.82, 2.24) is 15.1 Å². The summed E-state index contributed by atoms with van der Waals surface area (Å²) in [5.41, 5.74) is 1.55. The monoisotopic (exact) mass is 285 g/mol. The molecular weight excluding hydrogens is 266 g/mol. The predicted octanol–water partition coefficient (Wildman–Crippen LogP) is 1.12. The lowest BCUT2D eigenvalue weighted by molar-refractivity contribution is -0.122. The first-order valence-electron chi connectivity index (χ1n) is 6.56. The Morgan fingerprint density at radius 2 is 2.32 bits per heavy atom. The minimum absolute atomic E-state index is 0.0915. The van der Waals surface area contributed by atoms with Crippen LogP contribution in [0.1, 0.15) is 18.3 Å². The maximum Gasteiger partial charge on any atom is 0.145 e. The van der Waals surface area contributed by atoms with Gasteiger partial charge >= 0.3 is 0 Å². The third kappa shape index (κ3) is 2.99. The normalized spacial score (nSPS) is 22.9. The van der Waals surface area contributed by atoms with E-state index in [1.165, 1.54) is 0 Å². The Bertz CT molecular complexity index is 473. The predicted molar refractivity (Wildman–Crippen MR) is 73.4 cm³/mol. The highest BCUT2D eigenvalue weighted by molar-refractivity contribution is 6.32. The van der Waals surface area contributed by atoms with E-state index in [4.69, 9.17) is 16.3 Å². The number of carbonyl (C=O) groups excluding carboxylic acids is 1. The van der Waals surface area contributed by atoms with E-state index >= 15 is 0 Å². The van der Waals surface area contributed by atoms with E-state index < -0.39 is 0 Å². The Morgan fingerprint density at radius 1 is 1.58 bits per heavy atom. The topological polar surface area (TPSA) is 56.1 Å². The summed E-state index contributed by atoms with van der Waals surface area (Å²) in [7, 11) is 1.81. The molecule has 6 heteroatoms. The van der Waals surface area contributed by atoms with Crippen LogP contribution < -0.4 is 5.32 Å². The van der Waals surface area contributed by atoms with Crippen molar-refractivity contribution in [1.29, 1.82) is 0 Å². The first-order chi connectivity index (χ1) is 9.04. The second kappa shape index (κ2) is 6.03. The number of ketones is 1. The molecular formula is C13H20ClN3O2. The number of nitrogens with one attached hydrogen (secondary N) is 1. The molecule has 0 amide bonds. The Kier molecular flexibility index (Phi) is 4.60. The number of Topliss-reactive ketones (excluding diaryl/α,β-unsaturated/α-hetero) is 1. The largest absolute Gasteiger partial charge is 0.379 e. The molecule has 0 aromatic carbocycles. The maximum atomic E-state index is 12.4. The molecule has 0 aliphatic carbocycles. The van der Waals surface area contributed by atoms with Gasteiger partial charge in [0.15, 0.2) is 0 Å². The Balaban J connectivity index is 2.08. The van der Waals surface area contributed by atoms with E-state index in [0.29, 0.717) is 24.7 Å². The van der Waals surface area contributed by atoms with Gasteiger partial charge in [0, 0.05) is 13.1 Å². The minimum atomic E-state index is -0.0915. The highest BCUT2D eigenvalue weighted by Crippen LogP contribution is 2.23. The highest BCUT2D eigenvalue weighted by Gasteiger charge is 2.33. The lowest BCUT2D eigenvalue weighted by Crippen LogP contribution is -2.39. The molecule has 1 N–H and O–H groups in total. The number of halogens is 1. The number of aryl methyl sites for hydroxylation is 2. The first-order valence-corrected chi connectivity index (χ1v) is 6.94. The van der Waals surface area contributed by atoms with Gasteiger partial charge in [0.1, 0.15) is 5.78 Å². The molecule has 1 fully saturated rings. The highest BCUT2D eigenvalue weighted by atomic mass is 35.5. The Labute approximate surface area is 118 Å². The van der Waals surface area contributed by atoms with Gasteiger partial charge in [-0.25, -0.2) is 0 Å². The number of carbonyl (C=O) groups is 1. The van der Waals surface area contributed by atoms with Crippen LogP contribution >= 0.6 is 11.6 Å². The number of rotatable bonds is 5. The smallest absolute Gasteiger partial charge is 0.145 e. The third-order valence-corrected chi connectivity index (χ3v) is 4.06. The fraction of sp³-hybridized carbons (Fsp3) is 0.692. The quantitative estimate of drug-likeness (QED) is 0.881. The fourth-order valence-corrected chi connectivity index (χ4v) is 2.73. The number of aromatic nitrogens is 2. The second-order valence-corrected chi connectivity index (χ2v) is 5.30. The summed E-state index contributed by atoms with van der Waals surface area (Å²) in [4.78, 5) is 12.4. The van der Waals surface area contributed by atoms with Crippen LogP contribution in [0.2, 0.25) is 5.02 Å². The summed E-state index contributed by atoms with van der Waals surface area (Å²) in [6, 6.07) is 0.116. The minimum Gasteiger partial charge on any atom is -0.379 e. The van der Waals surface area contributed by atoms with Crippen LogP contribution in [0.15, 0.2) is 0 Å². The van der Waals surface area contributed by atoms with Crippen molar-refractivity contribution in [2.75, 3.05) is 19.8 Å². The molecule has 1 aliphatic rings. The average Bonchev–Trinajstić information content (AvgIpc) is 2.91. The van der Waals surface area contributed by atoms with Crippen molar-refractivity contribution in [3.63, 3.8) is 0 Å². The van der Waals surface area contributed by atoms with E-state index in [1.807, 2.05) is 20.9 Å². The van der Waals surface area contributed by atoms with Crippen LogP contribution in [0.25, 0.3) is 0 Å². The van der Waals surface area contributed by atoms with Crippen molar-refractivity contribution in [3.05, 3.63) is 16.4 Å². The molecule has 0 spiro atoms. The summed E-state index contributed by atoms with van der Waals surface area (Å²) in [5, 5.41) is 8.12. The third-order valence-electron chi connectivity index (χ3n) is 3.56. The summed E-state index contributed by atoms with van der Waals surface area (Å²) >= 11 is 6.18. The fourth-order valence-electron chi connectivity index (χ4n) is 2.50. The molecule has 1 aliphatic heterocycles. The summed E-state index contributed by atoms with van der Waals surface area (Å²) in [5.74, 6) is 0.0690. The molecule has 1 saturated heterocycles. The molecule has 0 radical (unpaired) electrons. The van der Waals surface area contributed by atoms with Crippen molar-refractivity contribution in [3.8, 4) is 0 Å². The second-order valence-electron chi connectivity index (χ2n) is 4.92. The Hall–Kier alpha value is -0.910. The van der Waals surface area contributed by atoms with Gasteiger partial charge in [0.05, 0.1) is 42.0 Å². The van der Waals surface area contributed by atoms with Crippen LogP contribution in [0, 0.1) is 12.8 Å². The van der Waals surface area contributed by atoms with Gasteiger partial charge in [0.25, 0.3) is 0 Å². The van der Waals surface area contributed by atoms with Crippen molar-refractivity contribution < 1.29 is 9.53 Å². The summed E-state index contributed by atoms with van der Waals surface area (Å²) in [6.07, 6.45) is 0.312. The molecule has 0 bridgehead atoms. The number of ether oxygens (including phenoxy) is 1. The summed E-state index contributed by atoms with van der Waals surface area (Å²) in [6.45, 7) is 5.80. The standard InChI is InChI=1S/C13H20ClN3O2/c1-4-15-10-7-19-6-9(10)12(18)5-11-13(14)8(2)16-17(11)3/h9-10,15H,4-7H2,1-3H3. The van der Waals surface area contributed by atoms with Gasteiger partial charge in [0.2, 0.25) is 0 Å². The van der Waals surface area contributed by atoms with Crippen LogP contribution in [0.3, 0.4) is 0 Å². The molecule has 106 valence electrons. The van der Waals surface area contributed by atoms with Gasteiger partial charge in [-0.2, -0.15) is 5.10 Å². The zero-order chi connectivity index (χ0) is 14.0. The molecule has 5 nitrogen and oxygen atoms in total. The zero-order valence-corrected chi connectivity index (χ0v) is 12.3. The van der Waals surface area contributed by atoms with E-state index in [0.717, 1.165) is 17.9 Å². The van der Waals surface area contributed by atoms with Crippen LogP contribution in [-0.2, 0) is 23.0 Å². The van der Waals surface area contributed by atoms with E-state index in [-0.39, 0.29) is 17.7 Å². The number of hydrogen-bond donors (Lipinski definition) is 1. The molecule has 2 unspecified atom stereocenters. The molecule has 0 saturated carbocycles.